The molecule has 1 fully saturated rings. The largest absolute Gasteiger partial charge is 0.444 e. The molecular formula is C30H45N3O4. The van der Waals surface area contributed by atoms with Gasteiger partial charge in [-0.2, -0.15) is 0 Å². The minimum atomic E-state index is -0.936. The van der Waals surface area contributed by atoms with Crippen molar-refractivity contribution in [2.45, 2.75) is 117 Å². The number of benzene rings is 1. The Kier molecular flexibility index (Phi) is 11.0. The van der Waals surface area contributed by atoms with Gasteiger partial charge in [-0.25, -0.2) is 4.79 Å². The van der Waals surface area contributed by atoms with Gasteiger partial charge >= 0.3 is 6.09 Å². The second-order valence-electron chi connectivity index (χ2n) is 11.3. The van der Waals surface area contributed by atoms with E-state index in [9.17, 15) is 14.4 Å². The van der Waals surface area contributed by atoms with Crippen molar-refractivity contribution in [3.63, 3.8) is 0 Å². The van der Waals surface area contributed by atoms with Gasteiger partial charge in [-0.1, -0.05) is 63.7 Å². The molecule has 0 aliphatic heterocycles. The van der Waals surface area contributed by atoms with Crippen LogP contribution in [-0.4, -0.2) is 46.5 Å². The van der Waals surface area contributed by atoms with Crippen molar-refractivity contribution in [3.8, 4) is 12.3 Å². The van der Waals surface area contributed by atoms with Crippen LogP contribution in [0.15, 0.2) is 24.3 Å². The standard InChI is InChI=1S/C30H45N3O4/c1-9-21(5)25(32-29(36)37-30(6,7)8)28(35)33(20(3)4)26(24-19-15-14-16-22(24)10-2)27(34)31-23-17-12-11-13-18-23/h2,14-16,19-21,23,25-26H,9,11-13,17-18H2,1,3-8H3,(H,31,34)(H,32,36). The van der Waals surface area contributed by atoms with Crippen molar-refractivity contribution in [2.24, 2.45) is 5.92 Å². The Morgan fingerprint density at radius 1 is 1.11 bits per heavy atom. The summed E-state index contributed by atoms with van der Waals surface area (Å²) in [6, 6.07) is 5.16. The Morgan fingerprint density at radius 3 is 2.27 bits per heavy atom. The summed E-state index contributed by atoms with van der Waals surface area (Å²) in [5, 5.41) is 5.99. The van der Waals surface area contributed by atoms with E-state index in [4.69, 9.17) is 11.2 Å². The van der Waals surface area contributed by atoms with Crippen LogP contribution in [0.1, 0.15) is 104 Å². The van der Waals surface area contributed by atoms with Crippen molar-refractivity contribution in [3.05, 3.63) is 35.4 Å². The van der Waals surface area contributed by atoms with Gasteiger partial charge in [0.1, 0.15) is 17.7 Å². The Labute approximate surface area is 223 Å². The fourth-order valence-electron chi connectivity index (χ4n) is 4.77. The molecule has 3 amide bonds. The van der Waals surface area contributed by atoms with E-state index in [1.807, 2.05) is 45.9 Å². The highest BCUT2D eigenvalue weighted by Crippen LogP contribution is 2.30. The topological polar surface area (TPSA) is 87.7 Å². The maximum Gasteiger partial charge on any atom is 0.408 e. The predicted molar refractivity (Wildman–Crippen MR) is 147 cm³/mol. The summed E-state index contributed by atoms with van der Waals surface area (Å²) in [6.45, 7) is 12.9. The third-order valence-corrected chi connectivity index (χ3v) is 6.85. The highest BCUT2D eigenvalue weighted by Gasteiger charge is 2.40. The van der Waals surface area contributed by atoms with Gasteiger partial charge in [0.2, 0.25) is 11.8 Å². The van der Waals surface area contributed by atoms with Crippen molar-refractivity contribution in [2.75, 3.05) is 0 Å². The number of nitrogens with one attached hydrogen (secondary N) is 2. The zero-order valence-corrected chi connectivity index (χ0v) is 23.6. The fraction of sp³-hybridized carbons (Fsp3) is 0.633. The Balaban J connectivity index is 2.52. The van der Waals surface area contributed by atoms with Crippen LogP contribution < -0.4 is 10.6 Å². The average molecular weight is 512 g/mol. The third kappa shape index (κ3) is 8.52. The van der Waals surface area contributed by atoms with E-state index in [0.717, 1.165) is 25.7 Å². The summed E-state index contributed by atoms with van der Waals surface area (Å²) in [6.07, 6.45) is 10.9. The van der Waals surface area contributed by atoms with Crippen LogP contribution >= 0.6 is 0 Å². The normalized spacial score (nSPS) is 16.7. The highest BCUT2D eigenvalue weighted by atomic mass is 16.6. The number of carbonyl (C=O) groups excluding carboxylic acids is 3. The van der Waals surface area contributed by atoms with Crippen LogP contribution in [0.5, 0.6) is 0 Å². The lowest BCUT2D eigenvalue weighted by Gasteiger charge is -2.39. The molecule has 0 heterocycles. The highest BCUT2D eigenvalue weighted by molar-refractivity contribution is 5.93. The van der Waals surface area contributed by atoms with Crippen LogP contribution in [0.3, 0.4) is 0 Å². The lowest BCUT2D eigenvalue weighted by atomic mass is 9.92. The number of nitrogens with zero attached hydrogens (tertiary/aromatic N) is 1. The van der Waals surface area contributed by atoms with Crippen LogP contribution in [0.25, 0.3) is 0 Å². The second-order valence-corrected chi connectivity index (χ2v) is 11.3. The summed E-state index contributed by atoms with van der Waals surface area (Å²) >= 11 is 0. The number of hydrogen-bond acceptors (Lipinski definition) is 4. The van der Waals surface area contributed by atoms with Gasteiger partial charge in [0.15, 0.2) is 0 Å². The number of amides is 3. The molecule has 0 bridgehead atoms. The minimum absolute atomic E-state index is 0.0658. The van der Waals surface area contributed by atoms with Crippen LogP contribution in [0.2, 0.25) is 0 Å². The fourth-order valence-corrected chi connectivity index (χ4v) is 4.77. The average Bonchev–Trinajstić information content (AvgIpc) is 2.84. The molecule has 3 unspecified atom stereocenters. The number of terminal acetylenes is 1. The van der Waals surface area contributed by atoms with E-state index in [-0.39, 0.29) is 29.8 Å². The molecule has 1 aliphatic rings. The molecule has 7 nitrogen and oxygen atoms in total. The van der Waals surface area contributed by atoms with Gasteiger partial charge in [0, 0.05) is 17.6 Å². The SMILES string of the molecule is C#Cc1ccccc1C(C(=O)NC1CCCCC1)N(C(=O)C(NC(=O)OC(C)(C)C)C(C)CC)C(C)C. The summed E-state index contributed by atoms with van der Waals surface area (Å²) in [4.78, 5) is 42.4. The van der Waals surface area contributed by atoms with Crippen LogP contribution in [0, 0.1) is 18.3 Å². The summed E-state index contributed by atoms with van der Waals surface area (Å²) in [7, 11) is 0. The summed E-state index contributed by atoms with van der Waals surface area (Å²) in [5.41, 5.74) is 0.449. The van der Waals surface area contributed by atoms with Crippen LogP contribution in [0.4, 0.5) is 4.79 Å². The summed E-state index contributed by atoms with van der Waals surface area (Å²) in [5.74, 6) is 1.90. The molecule has 0 spiro atoms. The van der Waals surface area contributed by atoms with Gasteiger partial charge in [-0.05, 0) is 65.0 Å². The first-order valence-corrected chi connectivity index (χ1v) is 13.6. The maximum atomic E-state index is 14.2. The van der Waals surface area contributed by atoms with Crippen molar-refractivity contribution < 1.29 is 19.1 Å². The Hall–Kier alpha value is -3.01. The minimum Gasteiger partial charge on any atom is -0.444 e. The number of hydrogen-bond donors (Lipinski definition) is 2. The molecule has 1 aromatic carbocycles. The molecule has 3 atom stereocenters. The smallest absolute Gasteiger partial charge is 0.408 e. The molecule has 204 valence electrons. The lowest BCUT2D eigenvalue weighted by molar-refractivity contribution is -0.146. The number of ether oxygens (including phenoxy) is 1. The lowest BCUT2D eigenvalue weighted by Crippen LogP contribution is -2.57. The first-order valence-electron chi connectivity index (χ1n) is 13.6. The predicted octanol–water partition coefficient (Wildman–Crippen LogP) is 5.33. The van der Waals surface area contributed by atoms with Gasteiger partial charge < -0.3 is 20.3 Å². The molecule has 1 saturated carbocycles. The van der Waals surface area contributed by atoms with Crippen molar-refractivity contribution >= 4 is 17.9 Å². The quantitative estimate of drug-likeness (QED) is 0.439. The van der Waals surface area contributed by atoms with Gasteiger partial charge in [0.25, 0.3) is 0 Å². The van der Waals surface area contributed by atoms with Crippen LogP contribution in [-0.2, 0) is 14.3 Å². The first kappa shape index (κ1) is 30.2. The van der Waals surface area contributed by atoms with E-state index in [1.165, 1.54) is 6.42 Å². The molecule has 1 aliphatic carbocycles. The van der Waals surface area contributed by atoms with E-state index in [1.54, 1.807) is 31.7 Å². The van der Waals surface area contributed by atoms with E-state index >= 15 is 0 Å². The zero-order chi connectivity index (χ0) is 27.8. The molecule has 37 heavy (non-hydrogen) atoms. The van der Waals surface area contributed by atoms with E-state index in [2.05, 4.69) is 16.6 Å². The van der Waals surface area contributed by atoms with Gasteiger partial charge in [0.05, 0.1) is 0 Å². The Morgan fingerprint density at radius 2 is 1.73 bits per heavy atom. The molecule has 2 rings (SSSR count). The van der Waals surface area contributed by atoms with Crippen molar-refractivity contribution in [1.82, 2.24) is 15.5 Å². The van der Waals surface area contributed by atoms with E-state index < -0.39 is 23.8 Å². The molecule has 7 heteroatoms. The van der Waals surface area contributed by atoms with Crippen molar-refractivity contribution in [1.29, 1.82) is 0 Å². The monoisotopic (exact) mass is 511 g/mol. The molecule has 0 saturated heterocycles. The Bertz CT molecular complexity index is 970. The molecule has 0 aromatic heterocycles. The molecule has 2 N–H and O–H groups in total. The van der Waals surface area contributed by atoms with E-state index in [0.29, 0.717) is 17.5 Å². The first-order chi connectivity index (χ1) is 17.4. The number of rotatable bonds is 9. The second kappa shape index (κ2) is 13.5. The molecule has 0 radical (unpaired) electrons. The summed E-state index contributed by atoms with van der Waals surface area (Å²) < 4.78 is 5.46. The van der Waals surface area contributed by atoms with Gasteiger partial charge in [-0.3, -0.25) is 9.59 Å². The number of carbonyl (C=O) groups is 3. The molecular weight excluding hydrogens is 466 g/mol. The maximum absolute atomic E-state index is 14.2. The molecule has 1 aromatic rings. The van der Waals surface area contributed by atoms with Gasteiger partial charge in [-0.15, -0.1) is 6.42 Å². The number of alkyl carbamates (subject to hydrolysis) is 1. The third-order valence-electron chi connectivity index (χ3n) is 6.85. The zero-order valence-electron chi connectivity index (χ0n) is 23.6.